The van der Waals surface area contributed by atoms with Crippen molar-refractivity contribution in [3.05, 3.63) is 41.9 Å². The number of aromatic nitrogens is 5. The van der Waals surface area contributed by atoms with Gasteiger partial charge in [0, 0.05) is 18.0 Å². The molecule has 0 aliphatic carbocycles. The van der Waals surface area contributed by atoms with Gasteiger partial charge in [-0.05, 0) is 19.1 Å². The molecule has 0 fully saturated rings. The molecule has 4 heterocycles. The van der Waals surface area contributed by atoms with Crippen molar-refractivity contribution in [3.63, 3.8) is 0 Å². The lowest BCUT2D eigenvalue weighted by atomic mass is 10.1. The van der Waals surface area contributed by atoms with Crippen LogP contribution < -0.4 is 0 Å². The zero-order valence-electron chi connectivity index (χ0n) is 11.2. The second-order valence-corrected chi connectivity index (χ2v) is 4.68. The Kier molecular flexibility index (Phi) is 2.48. The largest absolute Gasteiger partial charge is 0.433 e. The van der Waals surface area contributed by atoms with Crippen molar-refractivity contribution in [2.24, 2.45) is 0 Å². The summed E-state index contributed by atoms with van der Waals surface area (Å²) in [5, 5.41) is 18.5. The molecule has 7 heteroatoms. The number of aliphatic hydroxyl groups excluding tert-OH is 1. The fourth-order valence-electron chi connectivity index (χ4n) is 2.41. The maximum absolute atomic E-state index is 9.56. The first-order valence-corrected chi connectivity index (χ1v) is 6.44. The molecule has 0 aliphatic rings. The minimum Gasteiger partial charge on any atom is -0.433 e. The lowest BCUT2D eigenvalue weighted by molar-refractivity contribution is 0.283. The van der Waals surface area contributed by atoms with Crippen LogP contribution in [0.25, 0.3) is 28.0 Å². The van der Waals surface area contributed by atoms with Crippen molar-refractivity contribution in [1.29, 1.82) is 0 Å². The van der Waals surface area contributed by atoms with E-state index in [4.69, 9.17) is 4.42 Å². The molecule has 0 atom stereocenters. The molecule has 0 saturated carbocycles. The summed E-state index contributed by atoms with van der Waals surface area (Å²) >= 11 is 0. The van der Waals surface area contributed by atoms with Gasteiger partial charge in [0.05, 0.1) is 17.7 Å². The minimum atomic E-state index is -0.133. The summed E-state index contributed by atoms with van der Waals surface area (Å²) in [7, 11) is 0. The second kappa shape index (κ2) is 4.35. The third-order valence-electron chi connectivity index (χ3n) is 3.40. The van der Waals surface area contributed by atoms with Crippen LogP contribution in [0.4, 0.5) is 0 Å². The highest BCUT2D eigenvalue weighted by Gasteiger charge is 2.20. The van der Waals surface area contributed by atoms with Crippen LogP contribution in [0.1, 0.15) is 11.3 Å². The third-order valence-corrected chi connectivity index (χ3v) is 3.40. The van der Waals surface area contributed by atoms with Crippen LogP contribution >= 0.6 is 0 Å². The topological polar surface area (TPSA) is 89.9 Å². The van der Waals surface area contributed by atoms with Crippen LogP contribution in [-0.2, 0) is 6.61 Å². The van der Waals surface area contributed by atoms with E-state index in [1.54, 1.807) is 17.1 Å². The van der Waals surface area contributed by atoms with Gasteiger partial charge >= 0.3 is 0 Å². The Labute approximate surface area is 118 Å². The average molecular weight is 281 g/mol. The van der Waals surface area contributed by atoms with Gasteiger partial charge in [-0.2, -0.15) is 4.68 Å². The number of hydrogen-bond donors (Lipinski definition) is 1. The first kappa shape index (κ1) is 12.0. The molecule has 0 saturated heterocycles. The van der Waals surface area contributed by atoms with Gasteiger partial charge in [-0.25, -0.2) is 4.98 Å². The zero-order chi connectivity index (χ0) is 14.4. The predicted octanol–water partition coefficient (Wildman–Crippen LogP) is 1.76. The summed E-state index contributed by atoms with van der Waals surface area (Å²) < 4.78 is 7.34. The Bertz CT molecular complexity index is 942. The molecule has 104 valence electrons. The van der Waals surface area contributed by atoms with Crippen molar-refractivity contribution in [3.8, 4) is 5.82 Å². The summed E-state index contributed by atoms with van der Waals surface area (Å²) in [6.45, 7) is 1.72. The Morgan fingerprint density at radius 3 is 2.95 bits per heavy atom. The van der Waals surface area contributed by atoms with Crippen LogP contribution in [0, 0.1) is 6.92 Å². The van der Waals surface area contributed by atoms with Gasteiger partial charge < -0.3 is 9.52 Å². The SMILES string of the molecule is Cc1ncc(CO)c2c1oc1nnn(-c3ccccn3)c12. The zero-order valence-corrected chi connectivity index (χ0v) is 11.2. The number of pyridine rings is 2. The van der Waals surface area contributed by atoms with E-state index in [0.717, 1.165) is 11.1 Å². The normalized spacial score (nSPS) is 11.5. The fourth-order valence-corrected chi connectivity index (χ4v) is 2.41. The maximum atomic E-state index is 9.56. The quantitative estimate of drug-likeness (QED) is 0.602. The molecular weight excluding hydrogens is 270 g/mol. The van der Waals surface area contributed by atoms with Crippen LogP contribution in [0.2, 0.25) is 0 Å². The van der Waals surface area contributed by atoms with Gasteiger partial charge in [-0.15, -0.1) is 0 Å². The lowest BCUT2D eigenvalue weighted by Crippen LogP contribution is -2.00. The highest BCUT2D eigenvalue weighted by atomic mass is 16.3. The molecule has 4 rings (SSSR count). The number of nitrogens with zero attached hydrogens (tertiary/aromatic N) is 5. The van der Waals surface area contributed by atoms with Crippen LogP contribution in [0.5, 0.6) is 0 Å². The number of furan rings is 1. The molecule has 1 N–H and O–H groups in total. The molecule has 7 nitrogen and oxygen atoms in total. The molecule has 4 aromatic rings. The van der Waals surface area contributed by atoms with Gasteiger partial charge in [0.1, 0.15) is 5.52 Å². The maximum Gasteiger partial charge on any atom is 0.267 e. The van der Waals surface area contributed by atoms with Crippen molar-refractivity contribution in [1.82, 2.24) is 25.0 Å². The van der Waals surface area contributed by atoms with Gasteiger partial charge in [0.2, 0.25) is 0 Å². The van der Waals surface area contributed by atoms with E-state index in [1.165, 1.54) is 0 Å². The van der Waals surface area contributed by atoms with E-state index in [-0.39, 0.29) is 6.61 Å². The van der Waals surface area contributed by atoms with Crippen molar-refractivity contribution in [2.45, 2.75) is 13.5 Å². The van der Waals surface area contributed by atoms with Crippen molar-refractivity contribution < 1.29 is 9.52 Å². The summed E-state index contributed by atoms with van der Waals surface area (Å²) in [5.74, 6) is 0.640. The highest BCUT2D eigenvalue weighted by molar-refractivity contribution is 6.04. The van der Waals surface area contributed by atoms with Gasteiger partial charge in [-0.1, -0.05) is 16.4 Å². The Morgan fingerprint density at radius 2 is 2.19 bits per heavy atom. The number of aryl methyl sites for hydroxylation is 1. The molecule has 0 spiro atoms. The summed E-state index contributed by atoms with van der Waals surface area (Å²) in [4.78, 5) is 8.50. The average Bonchev–Trinajstić information content (AvgIpc) is 3.08. The van der Waals surface area contributed by atoms with E-state index in [1.807, 2.05) is 25.1 Å². The van der Waals surface area contributed by atoms with Gasteiger partial charge in [0.25, 0.3) is 5.71 Å². The number of fused-ring (bicyclic) bond motifs is 3. The monoisotopic (exact) mass is 281 g/mol. The van der Waals surface area contributed by atoms with Gasteiger partial charge in [0.15, 0.2) is 11.4 Å². The number of rotatable bonds is 2. The first-order chi connectivity index (χ1) is 10.3. The molecular formula is C14H11N5O2. The molecule has 0 aliphatic heterocycles. The minimum absolute atomic E-state index is 0.133. The number of hydrogen-bond acceptors (Lipinski definition) is 6. The molecule has 21 heavy (non-hydrogen) atoms. The van der Waals surface area contributed by atoms with E-state index >= 15 is 0 Å². The summed E-state index contributed by atoms with van der Waals surface area (Å²) in [6, 6.07) is 5.54. The first-order valence-electron chi connectivity index (χ1n) is 6.44. The fraction of sp³-hybridized carbons (Fsp3) is 0.143. The van der Waals surface area contributed by atoms with E-state index in [9.17, 15) is 5.11 Å². The molecule has 0 unspecified atom stereocenters. The number of aliphatic hydroxyl groups is 1. The van der Waals surface area contributed by atoms with E-state index < -0.39 is 0 Å². The van der Waals surface area contributed by atoms with Crippen molar-refractivity contribution in [2.75, 3.05) is 0 Å². The second-order valence-electron chi connectivity index (χ2n) is 4.68. The van der Waals surface area contributed by atoms with Gasteiger partial charge in [-0.3, -0.25) is 4.98 Å². The predicted molar refractivity (Wildman–Crippen MR) is 74.9 cm³/mol. The summed E-state index contributed by atoms with van der Waals surface area (Å²) in [5.41, 5.74) is 3.13. The Hall–Kier alpha value is -2.80. The van der Waals surface area contributed by atoms with Crippen LogP contribution in [0.3, 0.4) is 0 Å². The van der Waals surface area contributed by atoms with E-state index in [2.05, 4.69) is 20.3 Å². The smallest absolute Gasteiger partial charge is 0.267 e. The molecule has 4 aromatic heterocycles. The molecule has 0 radical (unpaired) electrons. The highest BCUT2D eigenvalue weighted by Crippen LogP contribution is 2.32. The standard InChI is InChI=1S/C14H11N5O2/c1-8-13-11(9(7-20)6-16-8)12-14(21-13)17-18-19(12)10-4-2-3-5-15-10/h2-6,20H,7H2,1H3. The Morgan fingerprint density at radius 1 is 1.29 bits per heavy atom. The third kappa shape index (κ3) is 1.64. The lowest BCUT2D eigenvalue weighted by Gasteiger charge is -2.02. The molecule has 0 bridgehead atoms. The molecule has 0 amide bonds. The van der Waals surface area contributed by atoms with E-state index in [0.29, 0.717) is 28.2 Å². The molecule has 0 aromatic carbocycles. The Balaban J connectivity index is 2.16. The van der Waals surface area contributed by atoms with Crippen LogP contribution in [0.15, 0.2) is 35.0 Å². The van der Waals surface area contributed by atoms with Crippen LogP contribution in [-0.4, -0.2) is 30.1 Å². The summed E-state index contributed by atoms with van der Waals surface area (Å²) in [6.07, 6.45) is 3.33. The van der Waals surface area contributed by atoms with Crippen molar-refractivity contribution >= 4 is 22.2 Å².